The standard InChI is InChI=1S/C19H16ClN3O3/c1-11-8-12(20)6-7-15(11)23-17(24)10-22-19(26)14-9-21-16-5-3-2-4-13(16)18(14)25/h2-9H,10H2,1H3,(H,21,25)(H,22,26)(H,23,24). The van der Waals surface area contributed by atoms with Gasteiger partial charge in [0.2, 0.25) is 11.3 Å². The predicted octanol–water partition coefficient (Wildman–Crippen LogP) is 2.86. The van der Waals surface area contributed by atoms with Gasteiger partial charge in [-0.15, -0.1) is 0 Å². The summed E-state index contributed by atoms with van der Waals surface area (Å²) in [4.78, 5) is 39.6. The van der Waals surface area contributed by atoms with E-state index in [1.807, 2.05) is 6.92 Å². The fourth-order valence-corrected chi connectivity index (χ4v) is 2.78. The van der Waals surface area contributed by atoms with E-state index in [0.29, 0.717) is 21.6 Å². The van der Waals surface area contributed by atoms with Crippen molar-refractivity contribution in [1.29, 1.82) is 0 Å². The molecule has 132 valence electrons. The van der Waals surface area contributed by atoms with E-state index in [1.54, 1.807) is 42.5 Å². The van der Waals surface area contributed by atoms with Gasteiger partial charge in [0.1, 0.15) is 5.56 Å². The maximum absolute atomic E-state index is 12.4. The van der Waals surface area contributed by atoms with Gasteiger partial charge in [-0.3, -0.25) is 14.4 Å². The van der Waals surface area contributed by atoms with Crippen LogP contribution < -0.4 is 16.1 Å². The van der Waals surface area contributed by atoms with Crippen LogP contribution in [-0.2, 0) is 4.79 Å². The van der Waals surface area contributed by atoms with Crippen molar-refractivity contribution in [1.82, 2.24) is 10.3 Å². The number of anilines is 1. The third kappa shape index (κ3) is 3.75. The van der Waals surface area contributed by atoms with Crippen molar-refractivity contribution in [3.8, 4) is 0 Å². The van der Waals surface area contributed by atoms with Crippen LogP contribution in [0.3, 0.4) is 0 Å². The number of para-hydroxylation sites is 1. The molecule has 0 atom stereocenters. The zero-order valence-corrected chi connectivity index (χ0v) is 14.7. The fourth-order valence-electron chi connectivity index (χ4n) is 2.55. The number of H-pyrrole nitrogens is 1. The lowest BCUT2D eigenvalue weighted by Gasteiger charge is -2.09. The Bertz CT molecular complexity index is 1060. The summed E-state index contributed by atoms with van der Waals surface area (Å²) in [7, 11) is 0. The minimum Gasteiger partial charge on any atom is -0.360 e. The van der Waals surface area contributed by atoms with Crippen LogP contribution in [0.5, 0.6) is 0 Å². The molecule has 3 rings (SSSR count). The van der Waals surface area contributed by atoms with Crippen molar-refractivity contribution >= 4 is 40.0 Å². The number of hydrogen-bond donors (Lipinski definition) is 3. The van der Waals surface area contributed by atoms with Gasteiger partial charge in [0, 0.05) is 27.8 Å². The molecule has 0 aliphatic carbocycles. The molecule has 3 N–H and O–H groups in total. The summed E-state index contributed by atoms with van der Waals surface area (Å²) in [5, 5.41) is 6.14. The molecule has 1 aromatic heterocycles. The average molecular weight is 370 g/mol. The number of carbonyl (C=O) groups excluding carboxylic acids is 2. The molecule has 1 heterocycles. The van der Waals surface area contributed by atoms with Crippen LogP contribution in [0, 0.1) is 6.92 Å². The molecule has 6 nitrogen and oxygen atoms in total. The van der Waals surface area contributed by atoms with Crippen molar-refractivity contribution in [2.24, 2.45) is 0 Å². The van der Waals surface area contributed by atoms with Crippen molar-refractivity contribution in [2.45, 2.75) is 6.92 Å². The Morgan fingerprint density at radius 2 is 1.92 bits per heavy atom. The lowest BCUT2D eigenvalue weighted by atomic mass is 10.1. The number of rotatable bonds is 4. The lowest BCUT2D eigenvalue weighted by molar-refractivity contribution is -0.115. The number of fused-ring (bicyclic) bond motifs is 1. The molecule has 0 radical (unpaired) electrons. The molecule has 3 aromatic rings. The van der Waals surface area contributed by atoms with E-state index >= 15 is 0 Å². The molecular formula is C19H16ClN3O3. The summed E-state index contributed by atoms with van der Waals surface area (Å²) in [6.07, 6.45) is 1.35. The van der Waals surface area contributed by atoms with Crippen molar-refractivity contribution in [3.63, 3.8) is 0 Å². The van der Waals surface area contributed by atoms with Gasteiger partial charge in [0.15, 0.2) is 0 Å². The Balaban J connectivity index is 1.68. The van der Waals surface area contributed by atoms with Crippen LogP contribution in [0.4, 0.5) is 5.69 Å². The molecule has 26 heavy (non-hydrogen) atoms. The molecule has 2 amide bonds. The summed E-state index contributed by atoms with van der Waals surface area (Å²) >= 11 is 5.88. The monoisotopic (exact) mass is 369 g/mol. The molecule has 0 spiro atoms. The van der Waals surface area contributed by atoms with Gasteiger partial charge in [0.05, 0.1) is 6.54 Å². The Labute approximate surface area is 154 Å². The van der Waals surface area contributed by atoms with Crippen molar-refractivity contribution in [2.75, 3.05) is 11.9 Å². The molecule has 0 fully saturated rings. The van der Waals surface area contributed by atoms with Gasteiger partial charge in [0.25, 0.3) is 5.91 Å². The lowest BCUT2D eigenvalue weighted by Crippen LogP contribution is -2.35. The van der Waals surface area contributed by atoms with E-state index < -0.39 is 11.8 Å². The van der Waals surface area contributed by atoms with Crippen LogP contribution in [0.1, 0.15) is 15.9 Å². The summed E-state index contributed by atoms with van der Waals surface area (Å²) in [5.41, 5.74) is 1.63. The molecule has 0 aliphatic heterocycles. The first-order valence-corrected chi connectivity index (χ1v) is 8.28. The number of pyridine rings is 1. The number of benzene rings is 2. The molecule has 0 aliphatic rings. The molecule has 7 heteroatoms. The Morgan fingerprint density at radius 3 is 2.69 bits per heavy atom. The summed E-state index contributed by atoms with van der Waals surface area (Å²) in [6.45, 7) is 1.56. The number of halogens is 1. The third-order valence-corrected chi connectivity index (χ3v) is 4.14. The van der Waals surface area contributed by atoms with E-state index in [1.165, 1.54) is 6.20 Å². The van der Waals surface area contributed by atoms with Crippen LogP contribution in [0.25, 0.3) is 10.9 Å². The average Bonchev–Trinajstić information content (AvgIpc) is 2.62. The number of aromatic amines is 1. The van der Waals surface area contributed by atoms with Gasteiger partial charge < -0.3 is 15.6 Å². The highest BCUT2D eigenvalue weighted by atomic mass is 35.5. The minimum atomic E-state index is -0.611. The second-order valence-corrected chi connectivity index (χ2v) is 6.20. The van der Waals surface area contributed by atoms with E-state index in [0.717, 1.165) is 5.56 Å². The van der Waals surface area contributed by atoms with E-state index in [9.17, 15) is 14.4 Å². The summed E-state index contributed by atoms with van der Waals surface area (Å²) < 4.78 is 0. The number of hydrogen-bond acceptors (Lipinski definition) is 3. The Morgan fingerprint density at radius 1 is 1.15 bits per heavy atom. The first-order valence-electron chi connectivity index (χ1n) is 7.90. The summed E-state index contributed by atoms with van der Waals surface area (Å²) in [6, 6.07) is 12.0. The topological polar surface area (TPSA) is 91.1 Å². The highest BCUT2D eigenvalue weighted by molar-refractivity contribution is 6.30. The Kier molecular flexibility index (Phi) is 5.04. The van der Waals surface area contributed by atoms with Crippen LogP contribution >= 0.6 is 11.6 Å². The van der Waals surface area contributed by atoms with E-state index in [2.05, 4.69) is 15.6 Å². The number of amides is 2. The molecule has 0 bridgehead atoms. The zero-order chi connectivity index (χ0) is 18.7. The molecule has 0 unspecified atom stereocenters. The highest BCUT2D eigenvalue weighted by Gasteiger charge is 2.14. The quantitative estimate of drug-likeness (QED) is 0.660. The van der Waals surface area contributed by atoms with E-state index in [-0.39, 0.29) is 17.5 Å². The number of carbonyl (C=O) groups is 2. The van der Waals surface area contributed by atoms with Gasteiger partial charge in [-0.05, 0) is 42.8 Å². The molecule has 2 aromatic carbocycles. The third-order valence-electron chi connectivity index (χ3n) is 3.90. The molecule has 0 saturated carbocycles. The van der Waals surface area contributed by atoms with Crippen molar-refractivity contribution < 1.29 is 9.59 Å². The number of aromatic nitrogens is 1. The van der Waals surface area contributed by atoms with Crippen LogP contribution in [0.2, 0.25) is 5.02 Å². The SMILES string of the molecule is Cc1cc(Cl)ccc1NC(=O)CNC(=O)c1c[nH]c2ccccc2c1=O. The van der Waals surface area contributed by atoms with Crippen LogP contribution in [-0.4, -0.2) is 23.3 Å². The van der Waals surface area contributed by atoms with E-state index in [4.69, 9.17) is 11.6 Å². The van der Waals surface area contributed by atoms with Gasteiger partial charge >= 0.3 is 0 Å². The smallest absolute Gasteiger partial charge is 0.257 e. The van der Waals surface area contributed by atoms with Gasteiger partial charge in [-0.2, -0.15) is 0 Å². The number of aryl methyl sites for hydroxylation is 1. The fraction of sp³-hybridized carbons (Fsp3) is 0.105. The van der Waals surface area contributed by atoms with Gasteiger partial charge in [-0.25, -0.2) is 0 Å². The van der Waals surface area contributed by atoms with Gasteiger partial charge in [-0.1, -0.05) is 23.7 Å². The largest absolute Gasteiger partial charge is 0.360 e. The second-order valence-electron chi connectivity index (χ2n) is 5.77. The number of nitrogens with one attached hydrogen (secondary N) is 3. The zero-order valence-electron chi connectivity index (χ0n) is 13.9. The minimum absolute atomic E-state index is 0.0424. The second kappa shape index (κ2) is 7.41. The maximum Gasteiger partial charge on any atom is 0.257 e. The summed E-state index contributed by atoms with van der Waals surface area (Å²) in [5.74, 6) is -1.01. The maximum atomic E-state index is 12.4. The first-order chi connectivity index (χ1) is 12.5. The van der Waals surface area contributed by atoms with Crippen LogP contribution in [0.15, 0.2) is 53.5 Å². The first kappa shape index (κ1) is 17.7. The molecule has 0 saturated heterocycles. The normalized spacial score (nSPS) is 10.5. The Hall–Kier alpha value is -3.12. The van der Waals surface area contributed by atoms with Crippen molar-refractivity contribution in [3.05, 3.63) is 75.0 Å². The highest BCUT2D eigenvalue weighted by Crippen LogP contribution is 2.19. The molecular weight excluding hydrogens is 354 g/mol. The predicted molar refractivity (Wildman–Crippen MR) is 102 cm³/mol.